The quantitative estimate of drug-likeness (QED) is 0.776. The lowest BCUT2D eigenvalue weighted by molar-refractivity contribution is 0.414. The predicted molar refractivity (Wildman–Crippen MR) is 78.4 cm³/mol. The fourth-order valence-electron chi connectivity index (χ4n) is 2.08. The van der Waals surface area contributed by atoms with Crippen molar-refractivity contribution in [3.05, 3.63) is 35.9 Å². The summed E-state index contributed by atoms with van der Waals surface area (Å²) in [4.78, 5) is 0.262. The Bertz CT molecular complexity index is 565. The highest BCUT2D eigenvalue weighted by molar-refractivity contribution is 7.89. The monoisotopic (exact) mass is 296 g/mol. The van der Waals surface area contributed by atoms with Crippen LogP contribution in [0.1, 0.15) is 12.8 Å². The van der Waals surface area contributed by atoms with E-state index in [4.69, 9.17) is 4.74 Å². The van der Waals surface area contributed by atoms with E-state index in [0.29, 0.717) is 12.3 Å². The summed E-state index contributed by atoms with van der Waals surface area (Å²) in [5, 5.41) is 3.23. The number of sulfonamides is 1. The molecule has 1 aliphatic rings. The van der Waals surface area contributed by atoms with Gasteiger partial charge in [0.05, 0.1) is 12.0 Å². The van der Waals surface area contributed by atoms with E-state index in [0.717, 1.165) is 25.9 Å². The zero-order valence-electron chi connectivity index (χ0n) is 11.6. The van der Waals surface area contributed by atoms with E-state index < -0.39 is 10.0 Å². The fraction of sp³-hybridized carbons (Fsp3) is 0.429. The van der Waals surface area contributed by atoms with Crippen LogP contribution < -0.4 is 14.8 Å². The fourth-order valence-corrected chi connectivity index (χ4v) is 3.11. The van der Waals surface area contributed by atoms with Crippen molar-refractivity contribution in [3.63, 3.8) is 0 Å². The normalized spacial score (nSPS) is 15.8. The molecule has 6 heteroatoms. The zero-order chi connectivity index (χ0) is 14.4. The van der Waals surface area contributed by atoms with Crippen molar-refractivity contribution in [1.82, 2.24) is 10.0 Å². The van der Waals surface area contributed by atoms with E-state index in [-0.39, 0.29) is 4.90 Å². The van der Waals surface area contributed by atoms with Crippen LogP contribution >= 0.6 is 0 Å². The van der Waals surface area contributed by atoms with E-state index in [1.54, 1.807) is 31.4 Å². The molecule has 0 unspecified atom stereocenters. The summed E-state index contributed by atoms with van der Waals surface area (Å²) in [6, 6.07) is 6.38. The molecule has 0 bridgehead atoms. The summed E-state index contributed by atoms with van der Waals surface area (Å²) in [6.45, 7) is 2.28. The van der Waals surface area contributed by atoms with Crippen molar-refractivity contribution in [3.8, 4) is 5.75 Å². The highest BCUT2D eigenvalue weighted by Gasteiger charge is 2.13. The van der Waals surface area contributed by atoms with Gasteiger partial charge in [0.25, 0.3) is 0 Å². The highest BCUT2D eigenvalue weighted by atomic mass is 32.2. The topological polar surface area (TPSA) is 67.4 Å². The summed E-state index contributed by atoms with van der Waals surface area (Å²) in [5.41, 5.74) is 1.31. The molecular formula is C14H20N2O3S. The summed E-state index contributed by atoms with van der Waals surface area (Å²) in [7, 11) is -1.88. The molecule has 0 amide bonds. The number of benzene rings is 1. The Balaban J connectivity index is 1.91. The smallest absolute Gasteiger partial charge is 0.240 e. The summed E-state index contributed by atoms with van der Waals surface area (Å²) >= 11 is 0. The van der Waals surface area contributed by atoms with Crippen LogP contribution in [0.15, 0.2) is 40.8 Å². The zero-order valence-corrected chi connectivity index (χ0v) is 12.4. The first-order valence-electron chi connectivity index (χ1n) is 6.64. The van der Waals surface area contributed by atoms with Crippen LogP contribution in [0.4, 0.5) is 0 Å². The van der Waals surface area contributed by atoms with Gasteiger partial charge in [0, 0.05) is 13.1 Å². The van der Waals surface area contributed by atoms with Gasteiger partial charge in [-0.2, -0.15) is 0 Å². The molecule has 0 fully saturated rings. The molecule has 2 N–H and O–H groups in total. The first-order valence-corrected chi connectivity index (χ1v) is 8.12. The Morgan fingerprint density at radius 3 is 2.65 bits per heavy atom. The largest absolute Gasteiger partial charge is 0.497 e. The first kappa shape index (κ1) is 15.0. The van der Waals surface area contributed by atoms with Gasteiger partial charge in [0.1, 0.15) is 5.75 Å². The highest BCUT2D eigenvalue weighted by Crippen LogP contribution is 2.15. The Labute approximate surface area is 120 Å². The minimum atomic E-state index is -3.43. The molecule has 0 saturated heterocycles. The van der Waals surface area contributed by atoms with E-state index >= 15 is 0 Å². The first-order chi connectivity index (χ1) is 9.62. The second-order valence-electron chi connectivity index (χ2n) is 4.64. The molecule has 2 rings (SSSR count). The molecule has 1 aliphatic heterocycles. The minimum Gasteiger partial charge on any atom is -0.497 e. The lowest BCUT2D eigenvalue weighted by Crippen LogP contribution is -2.26. The van der Waals surface area contributed by atoms with Crippen LogP contribution in [0.2, 0.25) is 0 Å². The van der Waals surface area contributed by atoms with Crippen molar-refractivity contribution >= 4 is 10.0 Å². The van der Waals surface area contributed by atoms with Crippen molar-refractivity contribution in [2.45, 2.75) is 17.7 Å². The number of nitrogens with one attached hydrogen (secondary N) is 2. The predicted octanol–water partition coefficient (Wildman–Crippen LogP) is 1.28. The molecule has 1 aromatic rings. The van der Waals surface area contributed by atoms with Gasteiger partial charge in [-0.15, -0.1) is 0 Å². The van der Waals surface area contributed by atoms with Gasteiger partial charge in [0.2, 0.25) is 10.0 Å². The second-order valence-corrected chi connectivity index (χ2v) is 6.41. The Hall–Kier alpha value is -1.37. The van der Waals surface area contributed by atoms with Gasteiger partial charge in [0.15, 0.2) is 0 Å². The standard InChI is InChI=1S/C14H20N2O3S/c1-19-13-2-4-14(5-3-13)20(17,18)16-11-8-12-6-9-15-10-7-12/h2-6,15-16H,7-11H2,1H3. The third-order valence-corrected chi connectivity index (χ3v) is 4.74. The van der Waals surface area contributed by atoms with Crippen LogP contribution in [0, 0.1) is 0 Å². The van der Waals surface area contributed by atoms with Crippen LogP contribution in [0.25, 0.3) is 0 Å². The maximum Gasteiger partial charge on any atom is 0.240 e. The van der Waals surface area contributed by atoms with Crippen LogP contribution in [-0.2, 0) is 10.0 Å². The Morgan fingerprint density at radius 1 is 1.30 bits per heavy atom. The second kappa shape index (κ2) is 6.88. The van der Waals surface area contributed by atoms with Crippen molar-refractivity contribution < 1.29 is 13.2 Å². The summed E-state index contributed by atoms with van der Waals surface area (Å²) in [6.07, 6.45) is 3.88. The molecule has 0 atom stereocenters. The maximum atomic E-state index is 12.1. The lowest BCUT2D eigenvalue weighted by Gasteiger charge is -2.14. The number of rotatable bonds is 6. The van der Waals surface area contributed by atoms with E-state index in [1.807, 2.05) is 0 Å². The Morgan fingerprint density at radius 2 is 2.05 bits per heavy atom. The van der Waals surface area contributed by atoms with Crippen LogP contribution in [0.5, 0.6) is 5.75 Å². The van der Waals surface area contributed by atoms with Gasteiger partial charge in [-0.3, -0.25) is 0 Å². The molecule has 0 spiro atoms. The van der Waals surface area contributed by atoms with Crippen molar-refractivity contribution in [1.29, 1.82) is 0 Å². The third kappa shape index (κ3) is 4.06. The number of ether oxygens (including phenoxy) is 1. The third-order valence-electron chi connectivity index (χ3n) is 3.27. The molecule has 1 aromatic carbocycles. The van der Waals surface area contributed by atoms with Gasteiger partial charge in [-0.1, -0.05) is 11.6 Å². The molecule has 5 nitrogen and oxygen atoms in total. The lowest BCUT2D eigenvalue weighted by atomic mass is 10.1. The maximum absolute atomic E-state index is 12.1. The number of methoxy groups -OCH3 is 1. The van der Waals surface area contributed by atoms with Gasteiger partial charge >= 0.3 is 0 Å². The van der Waals surface area contributed by atoms with Crippen LogP contribution in [0.3, 0.4) is 0 Å². The minimum absolute atomic E-state index is 0.262. The molecule has 0 aromatic heterocycles. The van der Waals surface area contributed by atoms with E-state index in [9.17, 15) is 8.42 Å². The molecule has 0 aliphatic carbocycles. The number of hydrogen-bond acceptors (Lipinski definition) is 4. The molecule has 0 saturated carbocycles. The molecule has 20 heavy (non-hydrogen) atoms. The van der Waals surface area contributed by atoms with E-state index in [1.165, 1.54) is 5.57 Å². The average molecular weight is 296 g/mol. The van der Waals surface area contributed by atoms with Gasteiger partial charge in [-0.05, 0) is 43.7 Å². The molecule has 110 valence electrons. The summed E-state index contributed by atoms with van der Waals surface area (Å²) < 4.78 is 31.8. The summed E-state index contributed by atoms with van der Waals surface area (Å²) in [5.74, 6) is 0.642. The number of hydrogen-bond donors (Lipinski definition) is 2. The average Bonchev–Trinajstić information content (AvgIpc) is 2.48. The Kier molecular flexibility index (Phi) is 5.17. The van der Waals surface area contributed by atoms with Crippen LogP contribution in [-0.4, -0.2) is 35.2 Å². The van der Waals surface area contributed by atoms with E-state index in [2.05, 4.69) is 16.1 Å². The SMILES string of the molecule is COc1ccc(S(=O)(=O)NCCC2=CCNCC2)cc1. The molecule has 1 heterocycles. The van der Waals surface area contributed by atoms with Gasteiger partial charge in [-0.25, -0.2) is 13.1 Å². The van der Waals surface area contributed by atoms with Gasteiger partial charge < -0.3 is 10.1 Å². The molecule has 0 radical (unpaired) electrons. The van der Waals surface area contributed by atoms with Crippen molar-refractivity contribution in [2.24, 2.45) is 0 Å². The van der Waals surface area contributed by atoms with Crippen molar-refractivity contribution in [2.75, 3.05) is 26.7 Å². The molecular weight excluding hydrogens is 276 g/mol.